The molecule has 7 heteroatoms. The number of hydrogen-bond acceptors (Lipinski definition) is 4. The maximum absolute atomic E-state index is 12.6. The van der Waals surface area contributed by atoms with Crippen LogP contribution in [-0.4, -0.2) is 31.9 Å². The summed E-state index contributed by atoms with van der Waals surface area (Å²) in [6.45, 7) is 1.21. The molecule has 2 aliphatic rings. The highest BCUT2D eigenvalue weighted by molar-refractivity contribution is 9.10. The number of fused-ring (bicyclic) bond motifs is 1. The largest absolute Gasteiger partial charge is 0.327 e. The smallest absolute Gasteiger partial charge is 0.253 e. The van der Waals surface area contributed by atoms with Crippen LogP contribution in [0.25, 0.3) is 0 Å². The molecule has 3 unspecified atom stereocenters. The van der Waals surface area contributed by atoms with Crippen LogP contribution in [0, 0.1) is 11.8 Å². The molecular weight excluding hydrogens is 348 g/mol. The van der Waals surface area contributed by atoms with Gasteiger partial charge in [-0.2, -0.15) is 4.31 Å². The molecule has 1 saturated heterocycles. The monoisotopic (exact) mass is 364 g/mol. The average Bonchev–Trinajstić information content (AvgIpc) is 2.96. The summed E-state index contributed by atoms with van der Waals surface area (Å²) >= 11 is 4.59. The second kappa shape index (κ2) is 5.11. The minimum absolute atomic E-state index is 0.158. The minimum atomic E-state index is -3.36. The van der Waals surface area contributed by atoms with E-state index in [-0.39, 0.29) is 6.04 Å². The van der Waals surface area contributed by atoms with E-state index in [1.54, 1.807) is 15.8 Å². The van der Waals surface area contributed by atoms with Crippen molar-refractivity contribution in [3.8, 4) is 0 Å². The first kappa shape index (κ1) is 14.0. The van der Waals surface area contributed by atoms with Gasteiger partial charge in [0.2, 0.25) is 0 Å². The highest BCUT2D eigenvalue weighted by Gasteiger charge is 2.43. The van der Waals surface area contributed by atoms with Crippen LogP contribution >= 0.6 is 27.3 Å². The number of sulfonamides is 1. The molecule has 0 radical (unpaired) electrons. The molecule has 1 aromatic heterocycles. The van der Waals surface area contributed by atoms with E-state index in [9.17, 15) is 8.42 Å². The predicted octanol–water partition coefficient (Wildman–Crippen LogP) is 2.26. The van der Waals surface area contributed by atoms with E-state index in [1.165, 1.54) is 11.3 Å². The molecule has 106 valence electrons. The number of rotatable bonds is 2. The van der Waals surface area contributed by atoms with Gasteiger partial charge in [-0.05, 0) is 52.1 Å². The lowest BCUT2D eigenvalue weighted by Gasteiger charge is -2.29. The van der Waals surface area contributed by atoms with Crippen molar-refractivity contribution in [1.29, 1.82) is 0 Å². The number of halogens is 1. The van der Waals surface area contributed by atoms with Crippen molar-refractivity contribution in [3.05, 3.63) is 15.9 Å². The van der Waals surface area contributed by atoms with Crippen LogP contribution in [0.15, 0.2) is 20.1 Å². The third-order valence-electron chi connectivity index (χ3n) is 4.28. The van der Waals surface area contributed by atoms with Crippen LogP contribution in [-0.2, 0) is 10.0 Å². The standard InChI is InChI=1S/C12H17BrN2O2S2/c13-10-4-5-18-12(10)19(16,17)15-6-8-2-1-3-11(14)9(8)7-15/h4-5,8-9,11H,1-3,6-7,14H2. The maximum atomic E-state index is 12.6. The topological polar surface area (TPSA) is 63.4 Å². The van der Waals surface area contributed by atoms with E-state index in [4.69, 9.17) is 5.73 Å². The molecule has 3 rings (SSSR count). The summed E-state index contributed by atoms with van der Waals surface area (Å²) < 4.78 is 28.0. The molecule has 1 aliphatic carbocycles. The first-order valence-electron chi connectivity index (χ1n) is 6.49. The van der Waals surface area contributed by atoms with E-state index in [0.29, 0.717) is 33.6 Å². The van der Waals surface area contributed by atoms with E-state index in [0.717, 1.165) is 19.3 Å². The second-order valence-electron chi connectivity index (χ2n) is 5.40. The van der Waals surface area contributed by atoms with Gasteiger partial charge in [-0.25, -0.2) is 8.42 Å². The average molecular weight is 365 g/mol. The van der Waals surface area contributed by atoms with Gasteiger partial charge in [-0.1, -0.05) is 6.42 Å². The summed E-state index contributed by atoms with van der Waals surface area (Å²) in [6.07, 6.45) is 3.26. The van der Waals surface area contributed by atoms with Gasteiger partial charge >= 0.3 is 0 Å². The Balaban J connectivity index is 1.86. The zero-order valence-electron chi connectivity index (χ0n) is 10.5. The first-order chi connectivity index (χ1) is 9.00. The van der Waals surface area contributed by atoms with Crippen LogP contribution in [0.4, 0.5) is 0 Å². The summed E-state index contributed by atoms with van der Waals surface area (Å²) in [7, 11) is -3.36. The Hall–Kier alpha value is 0.0500. The first-order valence-corrected chi connectivity index (χ1v) is 9.60. The Bertz CT molecular complexity index is 572. The van der Waals surface area contributed by atoms with Crippen LogP contribution in [0.1, 0.15) is 19.3 Å². The lowest BCUT2D eigenvalue weighted by Crippen LogP contribution is -2.38. The molecule has 0 bridgehead atoms. The van der Waals surface area contributed by atoms with Crippen molar-refractivity contribution in [2.75, 3.05) is 13.1 Å². The molecule has 2 fully saturated rings. The van der Waals surface area contributed by atoms with Crippen LogP contribution in [0.2, 0.25) is 0 Å². The Kier molecular flexibility index (Phi) is 3.77. The van der Waals surface area contributed by atoms with Crippen LogP contribution in [0.3, 0.4) is 0 Å². The maximum Gasteiger partial charge on any atom is 0.253 e. The molecule has 1 aromatic rings. The lowest BCUT2D eigenvalue weighted by molar-refractivity contribution is 0.260. The highest BCUT2D eigenvalue weighted by Crippen LogP contribution is 2.39. The zero-order valence-corrected chi connectivity index (χ0v) is 13.7. The normalized spacial score (nSPS) is 32.4. The molecule has 19 heavy (non-hydrogen) atoms. The molecule has 2 heterocycles. The van der Waals surface area contributed by atoms with Gasteiger partial charge in [0.25, 0.3) is 10.0 Å². The summed E-state index contributed by atoms with van der Waals surface area (Å²) in [5.41, 5.74) is 6.15. The molecular formula is C12H17BrN2O2S2. The third-order valence-corrected chi connectivity index (χ3v) is 8.76. The number of nitrogens with two attached hydrogens (primary N) is 1. The van der Waals surface area contributed by atoms with Crippen LogP contribution < -0.4 is 5.73 Å². The molecule has 0 spiro atoms. The second-order valence-corrected chi connectivity index (χ2v) is 9.30. The van der Waals surface area contributed by atoms with Gasteiger partial charge < -0.3 is 5.73 Å². The number of nitrogens with zero attached hydrogens (tertiary/aromatic N) is 1. The molecule has 1 saturated carbocycles. The number of hydrogen-bond donors (Lipinski definition) is 1. The fraction of sp³-hybridized carbons (Fsp3) is 0.667. The van der Waals surface area contributed by atoms with Crippen molar-refractivity contribution in [2.24, 2.45) is 17.6 Å². The van der Waals surface area contributed by atoms with Gasteiger partial charge in [0.05, 0.1) is 0 Å². The van der Waals surface area contributed by atoms with Crippen molar-refractivity contribution in [1.82, 2.24) is 4.31 Å². The SMILES string of the molecule is NC1CCCC2CN(S(=O)(=O)c3sccc3Br)CC12. The minimum Gasteiger partial charge on any atom is -0.327 e. The van der Waals surface area contributed by atoms with Gasteiger partial charge in [-0.15, -0.1) is 11.3 Å². The summed E-state index contributed by atoms with van der Waals surface area (Å²) in [5, 5.41) is 1.80. The molecule has 0 aromatic carbocycles. The molecule has 4 nitrogen and oxygen atoms in total. The molecule has 2 N–H and O–H groups in total. The zero-order chi connectivity index (χ0) is 13.6. The molecule has 3 atom stereocenters. The molecule has 1 aliphatic heterocycles. The Labute approximate surface area is 126 Å². The van der Waals surface area contributed by atoms with E-state index in [2.05, 4.69) is 15.9 Å². The fourth-order valence-corrected chi connectivity index (χ4v) is 7.24. The Morgan fingerprint density at radius 1 is 1.37 bits per heavy atom. The summed E-state index contributed by atoms with van der Waals surface area (Å²) in [6, 6.07) is 1.94. The summed E-state index contributed by atoms with van der Waals surface area (Å²) in [4.78, 5) is 0. The molecule has 0 amide bonds. The van der Waals surface area contributed by atoms with E-state index < -0.39 is 10.0 Å². The van der Waals surface area contributed by atoms with E-state index in [1.807, 2.05) is 0 Å². The van der Waals surface area contributed by atoms with Crippen molar-refractivity contribution >= 4 is 37.3 Å². The third kappa shape index (κ3) is 2.40. The highest BCUT2D eigenvalue weighted by atomic mass is 79.9. The van der Waals surface area contributed by atoms with Crippen LogP contribution in [0.5, 0.6) is 0 Å². The predicted molar refractivity (Wildman–Crippen MR) is 79.6 cm³/mol. The quantitative estimate of drug-likeness (QED) is 0.875. The Morgan fingerprint density at radius 2 is 2.16 bits per heavy atom. The van der Waals surface area contributed by atoms with Crippen molar-refractivity contribution < 1.29 is 8.42 Å². The Morgan fingerprint density at radius 3 is 2.79 bits per heavy atom. The lowest BCUT2D eigenvalue weighted by atomic mass is 9.78. The van der Waals surface area contributed by atoms with Gasteiger partial charge in [0, 0.05) is 23.6 Å². The van der Waals surface area contributed by atoms with Crippen molar-refractivity contribution in [3.63, 3.8) is 0 Å². The van der Waals surface area contributed by atoms with Gasteiger partial charge in [0.15, 0.2) is 0 Å². The van der Waals surface area contributed by atoms with E-state index >= 15 is 0 Å². The van der Waals surface area contributed by atoms with Gasteiger partial charge in [0.1, 0.15) is 4.21 Å². The fourth-order valence-electron chi connectivity index (χ4n) is 3.25. The van der Waals surface area contributed by atoms with Gasteiger partial charge in [-0.3, -0.25) is 0 Å². The summed E-state index contributed by atoms with van der Waals surface area (Å²) in [5.74, 6) is 0.777. The number of thiophene rings is 1. The van der Waals surface area contributed by atoms with Crippen molar-refractivity contribution in [2.45, 2.75) is 29.5 Å².